The smallest absolute Gasteiger partial charge is 0.229 e. The van der Waals surface area contributed by atoms with Gasteiger partial charge in [-0.2, -0.15) is 0 Å². The molecular formula is C9H11NO2S2. The molecule has 0 aromatic carbocycles. The SMILES string of the molecule is CCOC(=S)SC1=CC[C@@H]2CC(=O)N12. The van der Waals surface area contributed by atoms with E-state index in [0.29, 0.717) is 23.5 Å². The van der Waals surface area contributed by atoms with Crippen molar-refractivity contribution in [1.82, 2.24) is 4.90 Å². The van der Waals surface area contributed by atoms with Crippen LogP contribution in [0, 0.1) is 0 Å². The lowest BCUT2D eigenvalue weighted by Gasteiger charge is -2.36. The number of amides is 1. The summed E-state index contributed by atoms with van der Waals surface area (Å²) in [5.74, 6) is 0.200. The third-order valence-electron chi connectivity index (χ3n) is 2.30. The van der Waals surface area contributed by atoms with E-state index < -0.39 is 0 Å². The Balaban J connectivity index is 1.93. The normalized spacial score (nSPS) is 24.1. The molecule has 76 valence electrons. The molecule has 0 bridgehead atoms. The van der Waals surface area contributed by atoms with Crippen molar-refractivity contribution in [3.8, 4) is 0 Å². The number of ether oxygens (including phenoxy) is 1. The first-order chi connectivity index (χ1) is 6.72. The Bertz CT molecular complexity index is 314. The van der Waals surface area contributed by atoms with Crippen LogP contribution in [0.5, 0.6) is 0 Å². The van der Waals surface area contributed by atoms with Gasteiger partial charge in [0, 0.05) is 12.5 Å². The number of nitrogens with zero attached hydrogens (tertiary/aromatic N) is 1. The highest BCUT2D eigenvalue weighted by Crippen LogP contribution is 2.39. The summed E-state index contributed by atoms with van der Waals surface area (Å²) in [4.78, 5) is 13.1. The van der Waals surface area contributed by atoms with E-state index in [2.05, 4.69) is 6.08 Å². The van der Waals surface area contributed by atoms with Crippen LogP contribution in [-0.2, 0) is 9.53 Å². The molecule has 2 aliphatic heterocycles. The van der Waals surface area contributed by atoms with Crippen molar-refractivity contribution in [2.45, 2.75) is 25.8 Å². The molecule has 0 saturated carbocycles. The number of carbonyl (C=O) groups is 1. The Hall–Kier alpha value is -0.550. The van der Waals surface area contributed by atoms with Gasteiger partial charge in [-0.3, -0.25) is 4.79 Å². The molecule has 2 rings (SSSR count). The molecule has 1 amide bonds. The summed E-state index contributed by atoms with van der Waals surface area (Å²) in [5, 5.41) is 0.949. The van der Waals surface area contributed by atoms with Crippen molar-refractivity contribution >= 4 is 34.3 Å². The third kappa shape index (κ3) is 1.66. The minimum atomic E-state index is 0.200. The van der Waals surface area contributed by atoms with Gasteiger partial charge in [0.05, 0.1) is 11.6 Å². The van der Waals surface area contributed by atoms with Crippen LogP contribution in [0.3, 0.4) is 0 Å². The van der Waals surface area contributed by atoms with Crippen molar-refractivity contribution in [2.24, 2.45) is 0 Å². The van der Waals surface area contributed by atoms with Gasteiger partial charge in [-0.15, -0.1) is 0 Å². The quantitative estimate of drug-likeness (QED) is 0.534. The first kappa shape index (κ1) is 9.98. The van der Waals surface area contributed by atoms with Gasteiger partial charge >= 0.3 is 0 Å². The summed E-state index contributed by atoms with van der Waals surface area (Å²) in [6.45, 7) is 2.48. The largest absolute Gasteiger partial charge is 0.479 e. The summed E-state index contributed by atoms with van der Waals surface area (Å²) < 4.78 is 5.66. The number of fused-ring (bicyclic) bond motifs is 1. The van der Waals surface area contributed by atoms with Gasteiger partial charge in [0.1, 0.15) is 0 Å². The molecule has 0 spiro atoms. The lowest BCUT2D eigenvalue weighted by Crippen LogP contribution is -2.47. The fraction of sp³-hybridized carbons (Fsp3) is 0.556. The summed E-state index contributed by atoms with van der Waals surface area (Å²) in [6.07, 6.45) is 3.70. The number of β-lactam (4-membered cyclic amide) rings is 1. The molecule has 0 radical (unpaired) electrons. The molecule has 2 aliphatic rings. The van der Waals surface area contributed by atoms with E-state index in [0.717, 1.165) is 11.4 Å². The van der Waals surface area contributed by atoms with Gasteiger partial charge < -0.3 is 9.64 Å². The molecule has 1 atom stereocenters. The van der Waals surface area contributed by atoms with Crippen LogP contribution >= 0.6 is 24.0 Å². The maximum Gasteiger partial charge on any atom is 0.229 e. The third-order valence-corrected chi connectivity index (χ3v) is 3.52. The lowest BCUT2D eigenvalue weighted by molar-refractivity contribution is -0.140. The zero-order chi connectivity index (χ0) is 10.1. The molecular weight excluding hydrogens is 218 g/mol. The molecule has 0 aromatic rings. The predicted octanol–water partition coefficient (Wildman–Crippen LogP) is 1.89. The van der Waals surface area contributed by atoms with E-state index >= 15 is 0 Å². The number of hydrogen-bond acceptors (Lipinski definition) is 4. The fourth-order valence-corrected chi connectivity index (χ4v) is 2.88. The lowest BCUT2D eigenvalue weighted by atomic mass is 10.0. The van der Waals surface area contributed by atoms with Crippen LogP contribution in [0.25, 0.3) is 0 Å². The number of carbonyl (C=O) groups excluding carboxylic acids is 1. The molecule has 3 nitrogen and oxygen atoms in total. The van der Waals surface area contributed by atoms with Crippen LogP contribution < -0.4 is 0 Å². The van der Waals surface area contributed by atoms with Crippen molar-refractivity contribution in [3.05, 3.63) is 11.1 Å². The van der Waals surface area contributed by atoms with E-state index in [1.807, 2.05) is 11.8 Å². The number of hydrogen-bond donors (Lipinski definition) is 0. The maximum atomic E-state index is 11.2. The van der Waals surface area contributed by atoms with E-state index in [9.17, 15) is 4.79 Å². The predicted molar refractivity (Wildman–Crippen MR) is 59.8 cm³/mol. The van der Waals surface area contributed by atoms with E-state index in [1.54, 1.807) is 0 Å². The average Bonchev–Trinajstić information content (AvgIpc) is 2.41. The van der Waals surface area contributed by atoms with Crippen molar-refractivity contribution < 1.29 is 9.53 Å². The van der Waals surface area contributed by atoms with E-state index in [-0.39, 0.29) is 5.91 Å². The Morgan fingerprint density at radius 1 is 1.86 bits per heavy atom. The number of thiocarbonyl (C=S) groups is 1. The molecule has 0 aliphatic carbocycles. The highest BCUT2D eigenvalue weighted by atomic mass is 32.2. The van der Waals surface area contributed by atoms with Crippen LogP contribution in [0.15, 0.2) is 11.1 Å². The van der Waals surface area contributed by atoms with Crippen LogP contribution in [0.2, 0.25) is 0 Å². The Labute approximate surface area is 92.5 Å². The summed E-state index contributed by atoms with van der Waals surface area (Å²) in [7, 11) is 0. The maximum absolute atomic E-state index is 11.2. The molecule has 14 heavy (non-hydrogen) atoms. The van der Waals surface area contributed by atoms with Crippen molar-refractivity contribution in [3.63, 3.8) is 0 Å². The summed E-state index contributed by atoms with van der Waals surface area (Å²) in [6, 6.07) is 0.398. The zero-order valence-electron chi connectivity index (χ0n) is 7.86. The van der Waals surface area contributed by atoms with Crippen molar-refractivity contribution in [1.29, 1.82) is 0 Å². The Morgan fingerprint density at radius 2 is 2.64 bits per heavy atom. The van der Waals surface area contributed by atoms with Gasteiger partial charge in [0.25, 0.3) is 0 Å². The Kier molecular flexibility index (Phi) is 2.78. The molecule has 1 fully saturated rings. The second-order valence-corrected chi connectivity index (χ2v) is 4.81. The summed E-state index contributed by atoms with van der Waals surface area (Å²) in [5.41, 5.74) is 0. The molecule has 2 heterocycles. The highest BCUT2D eigenvalue weighted by Gasteiger charge is 2.41. The van der Waals surface area contributed by atoms with E-state index in [1.165, 1.54) is 11.8 Å². The van der Waals surface area contributed by atoms with Crippen LogP contribution in [0.1, 0.15) is 19.8 Å². The van der Waals surface area contributed by atoms with Crippen molar-refractivity contribution in [2.75, 3.05) is 6.61 Å². The van der Waals surface area contributed by atoms with Crippen LogP contribution in [0.4, 0.5) is 0 Å². The molecule has 1 saturated heterocycles. The van der Waals surface area contributed by atoms with Crippen LogP contribution in [-0.4, -0.2) is 27.8 Å². The second kappa shape index (κ2) is 3.90. The standard InChI is InChI=1S/C9H11NO2S2/c1-2-12-9(13)14-8-4-3-6-5-7(11)10(6)8/h4,6H,2-3,5H2,1H3/t6-/m1/s1. The van der Waals surface area contributed by atoms with Gasteiger partial charge in [-0.1, -0.05) is 6.08 Å². The zero-order valence-corrected chi connectivity index (χ0v) is 9.49. The van der Waals surface area contributed by atoms with E-state index in [4.69, 9.17) is 17.0 Å². The number of thioether (sulfide) groups is 1. The highest BCUT2D eigenvalue weighted by molar-refractivity contribution is 8.25. The van der Waals surface area contributed by atoms with Gasteiger partial charge in [0.15, 0.2) is 0 Å². The fourth-order valence-electron chi connectivity index (χ4n) is 1.63. The second-order valence-electron chi connectivity index (χ2n) is 3.18. The first-order valence-electron chi connectivity index (χ1n) is 4.59. The monoisotopic (exact) mass is 229 g/mol. The first-order valence-corrected chi connectivity index (χ1v) is 5.81. The minimum absolute atomic E-state index is 0.200. The minimum Gasteiger partial charge on any atom is -0.479 e. The van der Waals surface area contributed by atoms with Gasteiger partial charge in [-0.25, -0.2) is 0 Å². The molecule has 0 N–H and O–H groups in total. The topological polar surface area (TPSA) is 29.5 Å². The average molecular weight is 229 g/mol. The summed E-state index contributed by atoms with van der Waals surface area (Å²) >= 11 is 6.38. The molecule has 5 heteroatoms. The van der Waals surface area contributed by atoms with Gasteiger partial charge in [-0.05, 0) is 37.3 Å². The Morgan fingerprint density at radius 3 is 3.29 bits per heavy atom. The van der Waals surface area contributed by atoms with Gasteiger partial charge in [0.2, 0.25) is 10.3 Å². The number of rotatable bonds is 2. The molecule has 0 unspecified atom stereocenters. The molecule has 0 aromatic heterocycles.